The number of hydrogen-bond acceptors (Lipinski definition) is 2. The molecule has 1 aliphatic heterocycles. The van der Waals surface area contributed by atoms with Crippen molar-refractivity contribution in [2.24, 2.45) is 0 Å². The smallest absolute Gasteiger partial charge is 0.0586 e. The second-order valence-corrected chi connectivity index (χ2v) is 3.22. The van der Waals surface area contributed by atoms with Gasteiger partial charge in [0.15, 0.2) is 0 Å². The Balaban J connectivity index is 2.52. The maximum absolute atomic E-state index is 4.10. The van der Waals surface area contributed by atoms with Crippen molar-refractivity contribution < 1.29 is 0 Å². The summed E-state index contributed by atoms with van der Waals surface area (Å²) in [6.45, 7) is 3.38. The summed E-state index contributed by atoms with van der Waals surface area (Å²) >= 11 is 0. The fraction of sp³-hybridized carbons (Fsp3) is 0.444. The lowest BCUT2D eigenvalue weighted by atomic mass is 10.1. The van der Waals surface area contributed by atoms with Crippen LogP contribution in [0.15, 0.2) is 18.5 Å². The maximum atomic E-state index is 4.10. The first-order chi connectivity index (χ1) is 5.29. The Hall–Kier alpha value is -1.05. The lowest BCUT2D eigenvalue weighted by Gasteiger charge is -2.10. The minimum Gasteiger partial charge on any atom is -0.373 e. The largest absolute Gasteiger partial charge is 0.373 e. The highest BCUT2D eigenvalue weighted by Gasteiger charge is 2.21. The van der Waals surface area contributed by atoms with E-state index in [0.29, 0.717) is 5.92 Å². The normalized spacial score (nSPS) is 22.0. The van der Waals surface area contributed by atoms with Gasteiger partial charge in [-0.15, -0.1) is 0 Å². The monoisotopic (exact) mass is 148 g/mol. The van der Waals surface area contributed by atoms with Gasteiger partial charge in [0.05, 0.1) is 11.9 Å². The molecule has 1 atom stereocenters. The van der Waals surface area contributed by atoms with Gasteiger partial charge in [-0.2, -0.15) is 0 Å². The first-order valence-electron chi connectivity index (χ1n) is 3.94. The van der Waals surface area contributed by atoms with Gasteiger partial charge in [-0.05, 0) is 11.6 Å². The average molecular weight is 148 g/mol. The lowest BCUT2D eigenvalue weighted by molar-refractivity contribution is 0.796. The molecule has 2 rings (SSSR count). The van der Waals surface area contributed by atoms with Gasteiger partial charge in [0.2, 0.25) is 0 Å². The van der Waals surface area contributed by atoms with Crippen LogP contribution in [0.1, 0.15) is 18.4 Å². The van der Waals surface area contributed by atoms with Crippen LogP contribution in [0.3, 0.4) is 0 Å². The Morgan fingerprint density at radius 2 is 2.45 bits per heavy atom. The molecule has 2 heterocycles. The average Bonchev–Trinajstić information content (AvgIpc) is 2.30. The lowest BCUT2D eigenvalue weighted by Crippen LogP contribution is -2.13. The molecular formula is C9H12N2. The van der Waals surface area contributed by atoms with Crippen LogP contribution in [-0.2, 0) is 0 Å². The van der Waals surface area contributed by atoms with E-state index < -0.39 is 0 Å². The third-order valence-electron chi connectivity index (χ3n) is 2.32. The van der Waals surface area contributed by atoms with Crippen molar-refractivity contribution in [2.45, 2.75) is 12.8 Å². The van der Waals surface area contributed by atoms with Crippen molar-refractivity contribution in [1.29, 1.82) is 0 Å². The number of pyridine rings is 1. The van der Waals surface area contributed by atoms with Crippen molar-refractivity contribution in [2.75, 3.05) is 18.5 Å². The van der Waals surface area contributed by atoms with Gasteiger partial charge in [-0.1, -0.05) is 6.92 Å². The molecule has 2 nitrogen and oxygen atoms in total. The molecule has 0 fully saturated rings. The van der Waals surface area contributed by atoms with Crippen LogP contribution in [-0.4, -0.2) is 18.6 Å². The molecule has 0 aliphatic carbocycles. The second-order valence-electron chi connectivity index (χ2n) is 3.22. The van der Waals surface area contributed by atoms with Gasteiger partial charge in [-0.3, -0.25) is 4.98 Å². The summed E-state index contributed by atoms with van der Waals surface area (Å²) in [4.78, 5) is 6.36. The van der Waals surface area contributed by atoms with Gasteiger partial charge < -0.3 is 4.90 Å². The molecule has 1 aromatic heterocycles. The van der Waals surface area contributed by atoms with Gasteiger partial charge in [0, 0.05) is 25.7 Å². The minimum atomic E-state index is 0.665. The molecule has 1 unspecified atom stereocenters. The minimum absolute atomic E-state index is 0.665. The van der Waals surface area contributed by atoms with E-state index in [1.54, 1.807) is 0 Å². The van der Waals surface area contributed by atoms with E-state index >= 15 is 0 Å². The van der Waals surface area contributed by atoms with Crippen molar-refractivity contribution >= 4 is 5.69 Å². The summed E-state index contributed by atoms with van der Waals surface area (Å²) in [5.41, 5.74) is 2.72. The van der Waals surface area contributed by atoms with Crippen molar-refractivity contribution in [3.8, 4) is 0 Å². The topological polar surface area (TPSA) is 16.1 Å². The van der Waals surface area contributed by atoms with Crippen LogP contribution in [0.5, 0.6) is 0 Å². The number of hydrogen-bond donors (Lipinski definition) is 0. The van der Waals surface area contributed by atoms with Crippen molar-refractivity contribution in [3.63, 3.8) is 0 Å². The zero-order valence-corrected chi connectivity index (χ0v) is 6.91. The summed E-state index contributed by atoms with van der Waals surface area (Å²) in [5, 5.41) is 0. The number of anilines is 1. The maximum Gasteiger partial charge on any atom is 0.0586 e. The highest BCUT2D eigenvalue weighted by Crippen LogP contribution is 2.33. The van der Waals surface area contributed by atoms with Crippen molar-refractivity contribution in [1.82, 2.24) is 4.98 Å². The molecule has 11 heavy (non-hydrogen) atoms. The summed E-state index contributed by atoms with van der Waals surface area (Å²) in [6.07, 6.45) is 3.81. The molecule has 1 aliphatic rings. The highest BCUT2D eigenvalue weighted by molar-refractivity contribution is 5.57. The predicted octanol–water partition coefficient (Wildman–Crippen LogP) is 1.63. The molecule has 58 valence electrons. The second kappa shape index (κ2) is 2.22. The Morgan fingerprint density at radius 3 is 3.18 bits per heavy atom. The van der Waals surface area contributed by atoms with Gasteiger partial charge >= 0.3 is 0 Å². The predicted molar refractivity (Wildman–Crippen MR) is 45.9 cm³/mol. The van der Waals surface area contributed by atoms with E-state index in [0.717, 1.165) is 6.54 Å². The number of fused-ring (bicyclic) bond motifs is 1. The van der Waals surface area contributed by atoms with Crippen LogP contribution in [0.4, 0.5) is 5.69 Å². The molecule has 1 aromatic rings. The molecule has 0 aromatic carbocycles. The fourth-order valence-electron chi connectivity index (χ4n) is 1.74. The Kier molecular flexibility index (Phi) is 1.34. The zero-order valence-electron chi connectivity index (χ0n) is 6.91. The van der Waals surface area contributed by atoms with E-state index in [4.69, 9.17) is 0 Å². The Morgan fingerprint density at radius 1 is 1.64 bits per heavy atom. The fourth-order valence-corrected chi connectivity index (χ4v) is 1.74. The number of aromatic nitrogens is 1. The first-order valence-corrected chi connectivity index (χ1v) is 3.94. The first kappa shape index (κ1) is 6.65. The summed E-state index contributed by atoms with van der Waals surface area (Å²) < 4.78 is 0. The zero-order chi connectivity index (χ0) is 7.84. The number of likely N-dealkylation sites (N-methyl/N-ethyl adjacent to an activating group) is 1. The van der Waals surface area contributed by atoms with E-state index in [1.165, 1.54) is 11.3 Å². The number of rotatable bonds is 0. The molecule has 0 N–H and O–H groups in total. The molecule has 0 radical (unpaired) electrons. The van der Waals surface area contributed by atoms with Crippen LogP contribution in [0, 0.1) is 0 Å². The molecule has 0 saturated carbocycles. The van der Waals surface area contributed by atoms with Crippen LogP contribution >= 0.6 is 0 Å². The molecular weight excluding hydrogens is 136 g/mol. The molecule has 0 amide bonds. The highest BCUT2D eigenvalue weighted by atomic mass is 15.1. The SMILES string of the molecule is CC1CN(C)c2cnccc21. The van der Waals surface area contributed by atoms with Crippen LogP contribution < -0.4 is 4.90 Å². The van der Waals surface area contributed by atoms with Gasteiger partial charge in [0.25, 0.3) is 0 Å². The van der Waals surface area contributed by atoms with Crippen molar-refractivity contribution in [3.05, 3.63) is 24.0 Å². The molecule has 0 spiro atoms. The Labute approximate surface area is 66.9 Å². The summed E-state index contributed by atoms with van der Waals surface area (Å²) in [5.74, 6) is 0.665. The summed E-state index contributed by atoms with van der Waals surface area (Å²) in [6, 6.07) is 2.11. The van der Waals surface area contributed by atoms with E-state index in [-0.39, 0.29) is 0 Å². The van der Waals surface area contributed by atoms with E-state index in [9.17, 15) is 0 Å². The quantitative estimate of drug-likeness (QED) is 0.556. The summed E-state index contributed by atoms with van der Waals surface area (Å²) in [7, 11) is 2.12. The van der Waals surface area contributed by atoms with E-state index in [1.807, 2.05) is 12.4 Å². The number of nitrogens with zero attached hydrogens (tertiary/aromatic N) is 2. The molecule has 0 saturated heterocycles. The third kappa shape index (κ3) is 0.897. The molecule has 2 heteroatoms. The molecule has 0 bridgehead atoms. The third-order valence-corrected chi connectivity index (χ3v) is 2.32. The van der Waals surface area contributed by atoms with E-state index in [2.05, 4.69) is 29.9 Å². The van der Waals surface area contributed by atoms with Gasteiger partial charge in [0.1, 0.15) is 0 Å². The van der Waals surface area contributed by atoms with Crippen LogP contribution in [0.25, 0.3) is 0 Å². The Bertz CT molecular complexity index is 243. The van der Waals surface area contributed by atoms with Crippen LogP contribution in [0.2, 0.25) is 0 Å². The van der Waals surface area contributed by atoms with Gasteiger partial charge in [-0.25, -0.2) is 0 Å². The standard InChI is InChI=1S/C9H12N2/c1-7-6-11(2)9-5-10-4-3-8(7)9/h3-5,7H,6H2,1-2H3.